The van der Waals surface area contributed by atoms with Gasteiger partial charge >= 0.3 is 5.97 Å². The van der Waals surface area contributed by atoms with Gasteiger partial charge in [-0.15, -0.1) is 0 Å². The average molecular weight is 389 g/mol. The molecule has 4 aromatic rings. The average Bonchev–Trinajstić information content (AvgIpc) is 3.45. The Hall–Kier alpha value is -3.94. The van der Waals surface area contributed by atoms with Crippen molar-refractivity contribution in [1.29, 1.82) is 0 Å². The van der Waals surface area contributed by atoms with Crippen LogP contribution >= 0.6 is 0 Å². The van der Waals surface area contributed by atoms with E-state index in [-0.39, 0.29) is 5.97 Å². The van der Waals surface area contributed by atoms with Crippen molar-refractivity contribution in [3.63, 3.8) is 0 Å². The molecule has 0 amide bonds. The summed E-state index contributed by atoms with van der Waals surface area (Å²) in [5.41, 5.74) is 3.86. The number of aromatic amines is 1. The highest BCUT2D eigenvalue weighted by molar-refractivity contribution is 5.88. The molecular weight excluding hydrogens is 370 g/mol. The van der Waals surface area contributed by atoms with Crippen LogP contribution in [-0.2, 0) is 11.3 Å². The third-order valence-electron chi connectivity index (χ3n) is 4.19. The summed E-state index contributed by atoms with van der Waals surface area (Å²) in [6.45, 7) is 2.48. The molecule has 0 bridgehead atoms. The topological polar surface area (TPSA) is 94.9 Å². The van der Waals surface area contributed by atoms with Gasteiger partial charge in [0.25, 0.3) is 0 Å². The number of nitrogens with zero attached hydrogens (tertiary/aromatic N) is 4. The van der Waals surface area contributed by atoms with Gasteiger partial charge in [-0.25, -0.2) is 9.48 Å². The largest absolute Gasteiger partial charge is 0.487 e. The standard InChI is InChI=1S/C21H19N5O3/c1-2-28-21(27)16-11-24-26(13-16)17-5-3-4-15(10-17)14-29-18-6-7-19(22-12-18)20-8-9-23-25-20/h3-13H,2,14H2,1H3,(H,23,25). The Morgan fingerprint density at radius 3 is 2.86 bits per heavy atom. The first kappa shape index (κ1) is 18.4. The lowest BCUT2D eigenvalue weighted by atomic mass is 10.2. The maximum absolute atomic E-state index is 11.8. The molecule has 0 saturated heterocycles. The predicted octanol–water partition coefficient (Wildman–Crippen LogP) is 3.41. The first-order valence-electron chi connectivity index (χ1n) is 9.12. The fourth-order valence-electron chi connectivity index (χ4n) is 2.76. The van der Waals surface area contributed by atoms with E-state index in [2.05, 4.69) is 20.3 Å². The second kappa shape index (κ2) is 8.39. The summed E-state index contributed by atoms with van der Waals surface area (Å²) in [6.07, 6.45) is 6.51. The van der Waals surface area contributed by atoms with Gasteiger partial charge in [0.05, 0.1) is 41.6 Å². The molecule has 29 heavy (non-hydrogen) atoms. The summed E-state index contributed by atoms with van der Waals surface area (Å²) >= 11 is 0. The van der Waals surface area contributed by atoms with E-state index in [1.54, 1.807) is 30.2 Å². The van der Waals surface area contributed by atoms with Crippen LogP contribution in [0.3, 0.4) is 0 Å². The van der Waals surface area contributed by atoms with E-state index in [0.717, 1.165) is 22.6 Å². The van der Waals surface area contributed by atoms with Crippen LogP contribution in [0.1, 0.15) is 22.8 Å². The number of carbonyl (C=O) groups excluding carboxylic acids is 1. The van der Waals surface area contributed by atoms with E-state index in [1.165, 1.54) is 6.20 Å². The number of esters is 1. The summed E-state index contributed by atoms with van der Waals surface area (Å²) in [5.74, 6) is 0.284. The van der Waals surface area contributed by atoms with E-state index >= 15 is 0 Å². The second-order valence-electron chi connectivity index (χ2n) is 6.20. The molecule has 0 saturated carbocycles. The van der Waals surface area contributed by atoms with Crippen molar-refractivity contribution in [2.45, 2.75) is 13.5 Å². The normalized spacial score (nSPS) is 10.7. The molecular formula is C21H19N5O3. The Morgan fingerprint density at radius 1 is 1.17 bits per heavy atom. The molecule has 1 N–H and O–H groups in total. The molecule has 0 unspecified atom stereocenters. The van der Waals surface area contributed by atoms with E-state index < -0.39 is 0 Å². The van der Waals surface area contributed by atoms with Gasteiger partial charge in [0.15, 0.2) is 0 Å². The summed E-state index contributed by atoms with van der Waals surface area (Å²) in [4.78, 5) is 16.2. The van der Waals surface area contributed by atoms with Crippen molar-refractivity contribution in [2.24, 2.45) is 0 Å². The van der Waals surface area contributed by atoms with Crippen molar-refractivity contribution in [3.8, 4) is 22.8 Å². The van der Waals surface area contributed by atoms with Crippen molar-refractivity contribution in [1.82, 2.24) is 25.0 Å². The van der Waals surface area contributed by atoms with Crippen LogP contribution in [0.4, 0.5) is 0 Å². The third-order valence-corrected chi connectivity index (χ3v) is 4.19. The molecule has 0 atom stereocenters. The molecule has 3 aromatic heterocycles. The summed E-state index contributed by atoms with van der Waals surface area (Å²) in [7, 11) is 0. The van der Waals surface area contributed by atoms with Gasteiger partial charge in [0.2, 0.25) is 0 Å². The van der Waals surface area contributed by atoms with Gasteiger partial charge in [-0.1, -0.05) is 12.1 Å². The fourth-order valence-corrected chi connectivity index (χ4v) is 2.76. The predicted molar refractivity (Wildman–Crippen MR) is 106 cm³/mol. The Labute approximate surface area is 167 Å². The van der Waals surface area contributed by atoms with E-state index in [1.807, 2.05) is 42.5 Å². The van der Waals surface area contributed by atoms with E-state index in [9.17, 15) is 4.79 Å². The van der Waals surface area contributed by atoms with Gasteiger partial charge < -0.3 is 9.47 Å². The van der Waals surface area contributed by atoms with Crippen LogP contribution < -0.4 is 4.74 Å². The number of hydrogen-bond donors (Lipinski definition) is 1. The van der Waals surface area contributed by atoms with Crippen molar-refractivity contribution in [2.75, 3.05) is 6.61 Å². The molecule has 1 aromatic carbocycles. The SMILES string of the molecule is CCOC(=O)c1cnn(-c2cccc(COc3ccc(-c4ccn[nH]4)nc3)c2)c1. The van der Waals surface area contributed by atoms with Crippen molar-refractivity contribution >= 4 is 5.97 Å². The Kier molecular flexibility index (Phi) is 5.33. The number of pyridine rings is 1. The van der Waals surface area contributed by atoms with Gasteiger partial charge in [-0.05, 0) is 42.8 Å². The summed E-state index contributed by atoms with van der Waals surface area (Å²) < 4.78 is 12.5. The molecule has 0 fully saturated rings. The molecule has 146 valence electrons. The van der Waals surface area contributed by atoms with Crippen LogP contribution in [0.15, 0.2) is 67.3 Å². The van der Waals surface area contributed by atoms with Crippen LogP contribution in [0.2, 0.25) is 0 Å². The highest BCUT2D eigenvalue weighted by Gasteiger charge is 2.10. The minimum atomic E-state index is -0.385. The minimum Gasteiger partial charge on any atom is -0.487 e. The molecule has 0 aliphatic rings. The molecule has 4 rings (SSSR count). The zero-order chi connectivity index (χ0) is 20.1. The van der Waals surface area contributed by atoms with E-state index in [0.29, 0.717) is 24.5 Å². The summed E-state index contributed by atoms with van der Waals surface area (Å²) in [6, 6.07) is 13.3. The van der Waals surface area contributed by atoms with Crippen molar-refractivity contribution in [3.05, 3.63) is 78.4 Å². The van der Waals surface area contributed by atoms with E-state index in [4.69, 9.17) is 9.47 Å². The van der Waals surface area contributed by atoms with Crippen LogP contribution in [0.5, 0.6) is 5.75 Å². The smallest absolute Gasteiger partial charge is 0.341 e. The molecule has 0 aliphatic heterocycles. The van der Waals surface area contributed by atoms with Gasteiger partial charge in [0, 0.05) is 12.4 Å². The Morgan fingerprint density at radius 2 is 2.10 bits per heavy atom. The second-order valence-corrected chi connectivity index (χ2v) is 6.20. The first-order valence-corrected chi connectivity index (χ1v) is 9.12. The molecule has 8 heteroatoms. The third kappa shape index (κ3) is 4.32. The van der Waals surface area contributed by atoms with Crippen LogP contribution in [-0.4, -0.2) is 37.5 Å². The Balaban J connectivity index is 1.42. The molecule has 8 nitrogen and oxygen atoms in total. The number of benzene rings is 1. The minimum absolute atomic E-state index is 0.328. The number of aromatic nitrogens is 5. The fraction of sp³-hybridized carbons (Fsp3) is 0.143. The number of hydrogen-bond acceptors (Lipinski definition) is 6. The first-order chi connectivity index (χ1) is 14.2. The zero-order valence-electron chi connectivity index (χ0n) is 15.8. The molecule has 3 heterocycles. The maximum atomic E-state index is 11.8. The monoisotopic (exact) mass is 389 g/mol. The van der Waals surface area contributed by atoms with Crippen molar-refractivity contribution < 1.29 is 14.3 Å². The lowest BCUT2D eigenvalue weighted by Crippen LogP contribution is -2.03. The number of ether oxygens (including phenoxy) is 2. The number of H-pyrrole nitrogens is 1. The number of carbonyl (C=O) groups is 1. The summed E-state index contributed by atoms with van der Waals surface area (Å²) in [5, 5.41) is 11.0. The number of rotatable bonds is 7. The highest BCUT2D eigenvalue weighted by Crippen LogP contribution is 2.19. The lowest BCUT2D eigenvalue weighted by molar-refractivity contribution is 0.0526. The molecule has 0 aliphatic carbocycles. The lowest BCUT2D eigenvalue weighted by Gasteiger charge is -2.08. The molecule has 0 spiro atoms. The quantitative estimate of drug-likeness (QED) is 0.487. The van der Waals surface area contributed by atoms with Gasteiger partial charge in [0.1, 0.15) is 12.4 Å². The molecule has 0 radical (unpaired) electrons. The number of nitrogens with one attached hydrogen (secondary N) is 1. The van der Waals surface area contributed by atoms with Crippen LogP contribution in [0, 0.1) is 0 Å². The van der Waals surface area contributed by atoms with Gasteiger partial charge in [-0.3, -0.25) is 10.1 Å². The zero-order valence-corrected chi connectivity index (χ0v) is 15.8. The van der Waals surface area contributed by atoms with Crippen LogP contribution in [0.25, 0.3) is 17.1 Å². The van der Waals surface area contributed by atoms with Gasteiger partial charge in [-0.2, -0.15) is 10.2 Å². The Bertz CT molecular complexity index is 1090. The highest BCUT2D eigenvalue weighted by atomic mass is 16.5. The maximum Gasteiger partial charge on any atom is 0.341 e.